The third-order valence-electron chi connectivity index (χ3n) is 3.36. The van der Waals surface area contributed by atoms with Crippen molar-refractivity contribution < 1.29 is 9.53 Å². The maximum atomic E-state index is 11.6. The molecule has 4 heteroatoms. The van der Waals surface area contributed by atoms with E-state index in [4.69, 9.17) is 4.74 Å². The number of benzene rings is 1. The van der Waals surface area contributed by atoms with Gasteiger partial charge in [0.25, 0.3) is 0 Å². The second-order valence-electron chi connectivity index (χ2n) is 4.97. The highest BCUT2D eigenvalue weighted by molar-refractivity contribution is 5.91. The molecule has 1 saturated heterocycles. The first-order valence-corrected chi connectivity index (χ1v) is 6.98. The molecule has 0 bridgehead atoms. The van der Waals surface area contributed by atoms with Crippen molar-refractivity contribution in [2.45, 2.75) is 19.3 Å². The normalized spacial score (nSPS) is 19.1. The predicted octanol–water partition coefficient (Wildman–Crippen LogP) is 2.03. The molecule has 1 aliphatic rings. The van der Waals surface area contributed by atoms with Crippen LogP contribution in [0.3, 0.4) is 0 Å². The van der Waals surface area contributed by atoms with Crippen molar-refractivity contribution in [1.29, 1.82) is 0 Å². The van der Waals surface area contributed by atoms with Gasteiger partial charge in [0.05, 0.1) is 0 Å². The number of hydrogen-bond donors (Lipinski definition) is 2. The second-order valence-corrected chi connectivity index (χ2v) is 4.97. The minimum Gasteiger partial charge on any atom is -0.372 e. The minimum absolute atomic E-state index is 0.0898. The molecule has 2 rings (SSSR count). The van der Waals surface area contributed by atoms with E-state index in [0.717, 1.165) is 25.2 Å². The molecule has 19 heavy (non-hydrogen) atoms. The fourth-order valence-electron chi connectivity index (χ4n) is 2.30. The molecule has 0 saturated carbocycles. The molecule has 4 nitrogen and oxygen atoms in total. The highest BCUT2D eigenvalue weighted by Gasteiger charge is 2.12. The second kappa shape index (κ2) is 7.92. The lowest BCUT2D eigenvalue weighted by atomic mass is 9.97. The van der Waals surface area contributed by atoms with Crippen molar-refractivity contribution in [3.8, 4) is 0 Å². The van der Waals surface area contributed by atoms with Gasteiger partial charge in [0, 0.05) is 12.3 Å². The number of carbonyl (C=O) groups excluding carboxylic acids is 1. The molecule has 1 atom stereocenters. The molecule has 0 spiro atoms. The summed E-state index contributed by atoms with van der Waals surface area (Å²) in [6.45, 7) is 3.01. The molecule has 0 radical (unpaired) electrons. The Bertz CT molecular complexity index is 375. The number of amides is 1. The summed E-state index contributed by atoms with van der Waals surface area (Å²) >= 11 is 0. The van der Waals surface area contributed by atoms with Gasteiger partial charge in [0.1, 0.15) is 6.61 Å². The van der Waals surface area contributed by atoms with Gasteiger partial charge in [0.15, 0.2) is 0 Å². The van der Waals surface area contributed by atoms with E-state index in [0.29, 0.717) is 12.5 Å². The first kappa shape index (κ1) is 14.0. The molecule has 1 aliphatic heterocycles. The first-order chi connectivity index (χ1) is 9.34. The number of hydrogen-bond acceptors (Lipinski definition) is 3. The molecule has 0 aliphatic carbocycles. The Balaban J connectivity index is 1.56. The van der Waals surface area contributed by atoms with E-state index in [2.05, 4.69) is 10.6 Å². The van der Waals surface area contributed by atoms with Crippen molar-refractivity contribution in [2.75, 3.05) is 31.6 Å². The lowest BCUT2D eigenvalue weighted by Crippen LogP contribution is -2.30. The fraction of sp³-hybridized carbons (Fsp3) is 0.533. The number of rotatable bonds is 6. The van der Waals surface area contributed by atoms with Crippen LogP contribution in [0.25, 0.3) is 0 Å². The van der Waals surface area contributed by atoms with Crippen LogP contribution < -0.4 is 10.6 Å². The van der Waals surface area contributed by atoms with Gasteiger partial charge in [0.2, 0.25) is 5.91 Å². The Morgan fingerprint density at radius 1 is 1.37 bits per heavy atom. The van der Waals surface area contributed by atoms with Gasteiger partial charge in [-0.3, -0.25) is 4.79 Å². The van der Waals surface area contributed by atoms with Crippen LogP contribution in [0.2, 0.25) is 0 Å². The molecular weight excluding hydrogens is 240 g/mol. The van der Waals surface area contributed by atoms with Crippen LogP contribution in [0.15, 0.2) is 30.3 Å². The van der Waals surface area contributed by atoms with Gasteiger partial charge in [-0.25, -0.2) is 0 Å². The first-order valence-electron chi connectivity index (χ1n) is 6.98. The summed E-state index contributed by atoms with van der Waals surface area (Å²) in [5.41, 5.74) is 0.813. The van der Waals surface area contributed by atoms with Crippen LogP contribution in [0.5, 0.6) is 0 Å². The van der Waals surface area contributed by atoms with E-state index >= 15 is 0 Å². The number of carbonyl (C=O) groups is 1. The SMILES string of the molecule is O=C(COCCC1CCCNC1)Nc1ccccc1. The summed E-state index contributed by atoms with van der Waals surface area (Å²) in [7, 11) is 0. The molecule has 1 heterocycles. The average Bonchev–Trinajstić information content (AvgIpc) is 2.46. The van der Waals surface area contributed by atoms with Crippen LogP contribution >= 0.6 is 0 Å². The molecule has 2 N–H and O–H groups in total. The number of ether oxygens (including phenoxy) is 1. The third-order valence-corrected chi connectivity index (χ3v) is 3.36. The van der Waals surface area contributed by atoms with Crippen molar-refractivity contribution in [2.24, 2.45) is 5.92 Å². The predicted molar refractivity (Wildman–Crippen MR) is 76.1 cm³/mol. The third kappa shape index (κ3) is 5.41. The smallest absolute Gasteiger partial charge is 0.250 e. The number of para-hydroxylation sites is 1. The average molecular weight is 262 g/mol. The monoisotopic (exact) mass is 262 g/mol. The van der Waals surface area contributed by atoms with Gasteiger partial charge in [-0.15, -0.1) is 0 Å². The fourth-order valence-corrected chi connectivity index (χ4v) is 2.30. The van der Waals surface area contributed by atoms with Crippen LogP contribution in [0, 0.1) is 5.92 Å². The Morgan fingerprint density at radius 2 is 2.21 bits per heavy atom. The van der Waals surface area contributed by atoms with Crippen LogP contribution in [-0.4, -0.2) is 32.2 Å². The topological polar surface area (TPSA) is 50.4 Å². The maximum Gasteiger partial charge on any atom is 0.250 e. The summed E-state index contributed by atoms with van der Waals surface area (Å²) in [6, 6.07) is 9.45. The summed E-state index contributed by atoms with van der Waals surface area (Å²) < 4.78 is 5.43. The highest BCUT2D eigenvalue weighted by atomic mass is 16.5. The van der Waals surface area contributed by atoms with Crippen LogP contribution in [0.1, 0.15) is 19.3 Å². The van der Waals surface area contributed by atoms with Gasteiger partial charge in [-0.1, -0.05) is 18.2 Å². The Hall–Kier alpha value is -1.39. The quantitative estimate of drug-likeness (QED) is 0.771. The molecule has 1 fully saturated rings. The Labute approximate surface area is 114 Å². The highest BCUT2D eigenvalue weighted by Crippen LogP contribution is 2.13. The summed E-state index contributed by atoms with van der Waals surface area (Å²) in [5.74, 6) is 0.610. The largest absolute Gasteiger partial charge is 0.372 e. The minimum atomic E-state index is -0.0898. The zero-order chi connectivity index (χ0) is 13.3. The molecule has 0 aromatic heterocycles. The van der Waals surface area contributed by atoms with Crippen molar-refractivity contribution in [3.05, 3.63) is 30.3 Å². The lowest BCUT2D eigenvalue weighted by Gasteiger charge is -2.22. The Kier molecular flexibility index (Phi) is 5.85. The van der Waals surface area contributed by atoms with Crippen LogP contribution in [0.4, 0.5) is 5.69 Å². The van der Waals surface area contributed by atoms with Crippen molar-refractivity contribution in [3.63, 3.8) is 0 Å². The van der Waals surface area contributed by atoms with E-state index in [1.54, 1.807) is 0 Å². The Morgan fingerprint density at radius 3 is 2.95 bits per heavy atom. The van der Waals surface area contributed by atoms with Crippen LogP contribution in [-0.2, 0) is 9.53 Å². The summed E-state index contributed by atoms with van der Waals surface area (Å²) in [6.07, 6.45) is 3.55. The summed E-state index contributed by atoms with van der Waals surface area (Å²) in [5, 5.41) is 6.19. The maximum absolute atomic E-state index is 11.6. The molecule has 104 valence electrons. The van der Waals surface area contributed by atoms with Gasteiger partial charge in [-0.05, 0) is 50.4 Å². The summed E-state index contributed by atoms with van der Waals surface area (Å²) in [4.78, 5) is 11.6. The zero-order valence-corrected chi connectivity index (χ0v) is 11.2. The number of nitrogens with one attached hydrogen (secondary N) is 2. The van der Waals surface area contributed by atoms with Gasteiger partial charge in [-0.2, -0.15) is 0 Å². The van der Waals surface area contributed by atoms with E-state index < -0.39 is 0 Å². The van der Waals surface area contributed by atoms with Gasteiger partial charge < -0.3 is 15.4 Å². The number of piperidine rings is 1. The zero-order valence-electron chi connectivity index (χ0n) is 11.2. The lowest BCUT2D eigenvalue weighted by molar-refractivity contribution is -0.120. The number of anilines is 1. The molecule has 1 amide bonds. The molecule has 1 aromatic carbocycles. The van der Waals surface area contributed by atoms with E-state index in [-0.39, 0.29) is 12.5 Å². The molecule has 1 aromatic rings. The molecule has 1 unspecified atom stereocenters. The molecular formula is C15H22N2O2. The van der Waals surface area contributed by atoms with E-state index in [1.165, 1.54) is 12.8 Å². The van der Waals surface area contributed by atoms with E-state index in [9.17, 15) is 4.79 Å². The van der Waals surface area contributed by atoms with Crippen molar-refractivity contribution >= 4 is 11.6 Å². The van der Waals surface area contributed by atoms with Gasteiger partial charge >= 0.3 is 0 Å². The van der Waals surface area contributed by atoms with Crippen molar-refractivity contribution in [1.82, 2.24) is 5.32 Å². The standard InChI is InChI=1S/C15H22N2O2/c18-15(17-14-6-2-1-3-7-14)12-19-10-8-13-5-4-9-16-11-13/h1-3,6-7,13,16H,4-5,8-12H2,(H,17,18). The van der Waals surface area contributed by atoms with E-state index in [1.807, 2.05) is 30.3 Å².